The summed E-state index contributed by atoms with van der Waals surface area (Å²) in [6.07, 6.45) is 0.834. The Balaban J connectivity index is 2.07. The number of benzene rings is 2. The van der Waals surface area contributed by atoms with Gasteiger partial charge in [-0.2, -0.15) is 0 Å². The summed E-state index contributed by atoms with van der Waals surface area (Å²) in [5, 5.41) is 9.98. The van der Waals surface area contributed by atoms with E-state index in [1.807, 2.05) is 61.5 Å². The number of hydrogen-bond donors (Lipinski definition) is 1. The molecule has 2 atom stereocenters. The summed E-state index contributed by atoms with van der Waals surface area (Å²) < 4.78 is 11.2. The molecule has 0 amide bonds. The van der Waals surface area contributed by atoms with Crippen molar-refractivity contribution in [2.45, 2.75) is 38.6 Å². The normalized spacial score (nSPS) is 13.6. The third-order valence-electron chi connectivity index (χ3n) is 3.74. The molecule has 0 aliphatic carbocycles. The molecule has 1 N–H and O–H groups in total. The quantitative estimate of drug-likeness (QED) is 0.797. The Labute approximate surface area is 132 Å². The molecule has 2 aromatic rings. The van der Waals surface area contributed by atoms with Crippen LogP contribution in [0.4, 0.5) is 0 Å². The van der Waals surface area contributed by atoms with E-state index >= 15 is 0 Å². The van der Waals surface area contributed by atoms with E-state index < -0.39 is 0 Å². The van der Waals surface area contributed by atoms with Crippen molar-refractivity contribution in [3.63, 3.8) is 0 Å². The molecule has 2 unspecified atom stereocenters. The van der Waals surface area contributed by atoms with Crippen LogP contribution in [0.25, 0.3) is 0 Å². The fraction of sp³-hybridized carbons (Fsp3) is 0.368. The summed E-state index contributed by atoms with van der Waals surface area (Å²) in [5.74, 6) is 0.821. The molecule has 0 aliphatic heterocycles. The van der Waals surface area contributed by atoms with E-state index in [9.17, 15) is 5.11 Å². The Morgan fingerprint density at radius 2 is 1.68 bits per heavy atom. The van der Waals surface area contributed by atoms with Crippen LogP contribution in [0, 0.1) is 0 Å². The third kappa shape index (κ3) is 4.86. The van der Waals surface area contributed by atoms with Crippen LogP contribution in [-0.4, -0.2) is 18.3 Å². The van der Waals surface area contributed by atoms with Crippen molar-refractivity contribution >= 4 is 0 Å². The van der Waals surface area contributed by atoms with Crippen molar-refractivity contribution in [2.75, 3.05) is 7.11 Å². The second-order valence-electron chi connectivity index (χ2n) is 5.36. The highest BCUT2D eigenvalue weighted by Gasteiger charge is 2.16. The lowest BCUT2D eigenvalue weighted by atomic mass is 10.0. The second-order valence-corrected chi connectivity index (χ2v) is 5.36. The predicted octanol–water partition coefficient (Wildman–Crippen LogP) is 4.11. The van der Waals surface area contributed by atoms with Gasteiger partial charge in [0.15, 0.2) is 0 Å². The lowest BCUT2D eigenvalue weighted by Gasteiger charge is -2.21. The first-order valence-electron chi connectivity index (χ1n) is 7.70. The fourth-order valence-corrected chi connectivity index (χ4v) is 2.30. The Morgan fingerprint density at radius 1 is 1.00 bits per heavy atom. The first kappa shape index (κ1) is 16.5. The zero-order valence-electron chi connectivity index (χ0n) is 13.2. The lowest BCUT2D eigenvalue weighted by Crippen LogP contribution is -2.14. The zero-order valence-corrected chi connectivity index (χ0v) is 13.2. The van der Waals surface area contributed by atoms with Crippen molar-refractivity contribution in [3.8, 4) is 5.75 Å². The SMILES string of the molecule is CCC(O)CC(OCc1ccccc1)c1ccc(OC)cc1. The van der Waals surface area contributed by atoms with E-state index in [1.165, 1.54) is 0 Å². The molecule has 0 heterocycles. The average molecular weight is 300 g/mol. The minimum Gasteiger partial charge on any atom is -0.497 e. The largest absolute Gasteiger partial charge is 0.497 e. The van der Waals surface area contributed by atoms with Gasteiger partial charge < -0.3 is 14.6 Å². The minimum absolute atomic E-state index is 0.124. The maximum absolute atomic E-state index is 9.98. The molecule has 0 radical (unpaired) electrons. The van der Waals surface area contributed by atoms with Gasteiger partial charge in [0.1, 0.15) is 5.75 Å². The smallest absolute Gasteiger partial charge is 0.118 e. The van der Waals surface area contributed by atoms with Gasteiger partial charge in [-0.15, -0.1) is 0 Å². The van der Waals surface area contributed by atoms with Crippen LogP contribution < -0.4 is 4.74 Å². The molecular formula is C19H24O3. The summed E-state index contributed by atoms with van der Waals surface area (Å²) in [5.41, 5.74) is 2.19. The summed E-state index contributed by atoms with van der Waals surface area (Å²) in [6.45, 7) is 2.51. The topological polar surface area (TPSA) is 38.7 Å². The highest BCUT2D eigenvalue weighted by atomic mass is 16.5. The van der Waals surface area contributed by atoms with E-state index in [2.05, 4.69) is 0 Å². The van der Waals surface area contributed by atoms with Gasteiger partial charge in [0.25, 0.3) is 0 Å². The average Bonchev–Trinajstić information content (AvgIpc) is 2.59. The molecule has 0 bridgehead atoms. The van der Waals surface area contributed by atoms with Crippen LogP contribution in [-0.2, 0) is 11.3 Å². The van der Waals surface area contributed by atoms with Crippen molar-refractivity contribution < 1.29 is 14.6 Å². The second kappa shape index (κ2) is 8.57. The van der Waals surface area contributed by atoms with Gasteiger partial charge in [0.2, 0.25) is 0 Å². The summed E-state index contributed by atoms with van der Waals surface area (Å²) >= 11 is 0. The Morgan fingerprint density at radius 3 is 2.27 bits per heavy atom. The number of rotatable bonds is 8. The molecular weight excluding hydrogens is 276 g/mol. The minimum atomic E-state index is -0.358. The van der Waals surface area contributed by atoms with Gasteiger partial charge in [-0.3, -0.25) is 0 Å². The molecule has 118 valence electrons. The van der Waals surface area contributed by atoms with E-state index in [0.29, 0.717) is 13.0 Å². The Hall–Kier alpha value is -1.84. The van der Waals surface area contributed by atoms with Crippen LogP contribution in [0.5, 0.6) is 5.75 Å². The van der Waals surface area contributed by atoms with Gasteiger partial charge in [0.05, 0.1) is 25.9 Å². The first-order valence-corrected chi connectivity index (χ1v) is 7.70. The highest BCUT2D eigenvalue weighted by Crippen LogP contribution is 2.27. The molecule has 3 heteroatoms. The van der Waals surface area contributed by atoms with Crippen molar-refractivity contribution in [1.82, 2.24) is 0 Å². The van der Waals surface area contributed by atoms with E-state index in [1.54, 1.807) is 7.11 Å². The van der Waals surface area contributed by atoms with Gasteiger partial charge in [0, 0.05) is 6.42 Å². The van der Waals surface area contributed by atoms with Crippen LogP contribution in [0.15, 0.2) is 54.6 Å². The van der Waals surface area contributed by atoms with Gasteiger partial charge >= 0.3 is 0 Å². The van der Waals surface area contributed by atoms with Crippen LogP contribution in [0.3, 0.4) is 0 Å². The van der Waals surface area contributed by atoms with Gasteiger partial charge in [-0.25, -0.2) is 0 Å². The zero-order chi connectivity index (χ0) is 15.8. The van der Waals surface area contributed by atoms with Gasteiger partial charge in [-0.1, -0.05) is 49.4 Å². The standard InChI is InChI=1S/C19H24O3/c1-3-17(20)13-19(16-9-11-18(21-2)12-10-16)22-14-15-7-5-4-6-8-15/h4-12,17,19-20H,3,13-14H2,1-2H3. The van der Waals surface area contributed by atoms with E-state index in [4.69, 9.17) is 9.47 Å². The number of methoxy groups -OCH3 is 1. The molecule has 0 saturated heterocycles. The van der Waals surface area contributed by atoms with E-state index in [-0.39, 0.29) is 12.2 Å². The van der Waals surface area contributed by atoms with E-state index in [0.717, 1.165) is 23.3 Å². The maximum atomic E-state index is 9.98. The third-order valence-corrected chi connectivity index (χ3v) is 3.74. The number of aliphatic hydroxyl groups excluding tert-OH is 1. The first-order chi connectivity index (χ1) is 10.7. The summed E-state index contributed by atoms with van der Waals surface area (Å²) in [7, 11) is 1.65. The molecule has 0 aromatic heterocycles. The number of aliphatic hydroxyl groups is 1. The molecule has 22 heavy (non-hydrogen) atoms. The Bertz CT molecular complexity index is 536. The molecule has 0 spiro atoms. The number of ether oxygens (including phenoxy) is 2. The monoisotopic (exact) mass is 300 g/mol. The Kier molecular flexibility index (Phi) is 6.44. The molecule has 2 rings (SSSR count). The van der Waals surface area contributed by atoms with Crippen molar-refractivity contribution in [3.05, 3.63) is 65.7 Å². The van der Waals surface area contributed by atoms with Crippen molar-refractivity contribution in [1.29, 1.82) is 0 Å². The summed E-state index contributed by atoms with van der Waals surface area (Å²) in [4.78, 5) is 0. The van der Waals surface area contributed by atoms with Gasteiger partial charge in [-0.05, 0) is 29.7 Å². The van der Waals surface area contributed by atoms with Crippen LogP contribution >= 0.6 is 0 Å². The number of hydrogen-bond acceptors (Lipinski definition) is 3. The highest BCUT2D eigenvalue weighted by molar-refractivity contribution is 5.28. The molecule has 3 nitrogen and oxygen atoms in total. The molecule has 0 fully saturated rings. The van der Waals surface area contributed by atoms with Crippen LogP contribution in [0.1, 0.15) is 37.0 Å². The van der Waals surface area contributed by atoms with Crippen LogP contribution in [0.2, 0.25) is 0 Å². The predicted molar refractivity (Wildman–Crippen MR) is 87.9 cm³/mol. The molecule has 2 aromatic carbocycles. The summed E-state index contributed by atoms with van der Waals surface area (Å²) in [6, 6.07) is 17.9. The molecule has 0 aliphatic rings. The maximum Gasteiger partial charge on any atom is 0.118 e. The molecule has 0 saturated carbocycles. The van der Waals surface area contributed by atoms with Crippen molar-refractivity contribution in [2.24, 2.45) is 0 Å². The fourth-order valence-electron chi connectivity index (χ4n) is 2.30. The lowest BCUT2D eigenvalue weighted by molar-refractivity contribution is 0.00164.